The fourth-order valence-electron chi connectivity index (χ4n) is 2.19. The summed E-state index contributed by atoms with van der Waals surface area (Å²) in [7, 11) is 1.77. The average molecular weight is 221 g/mol. The molecule has 1 saturated heterocycles. The molecule has 1 unspecified atom stereocenters. The summed E-state index contributed by atoms with van der Waals surface area (Å²) >= 11 is 0. The lowest BCUT2D eigenvalue weighted by molar-refractivity contribution is 0.152. The zero-order chi connectivity index (χ0) is 11.4. The quantitative estimate of drug-likeness (QED) is 0.828. The van der Waals surface area contributed by atoms with Crippen molar-refractivity contribution in [2.24, 2.45) is 5.92 Å². The number of pyridine rings is 1. The molecule has 1 fully saturated rings. The van der Waals surface area contributed by atoms with Crippen molar-refractivity contribution in [1.29, 1.82) is 0 Å². The van der Waals surface area contributed by atoms with Gasteiger partial charge in [-0.2, -0.15) is 0 Å². The SMILES string of the molecule is COCC1CCN(Cc2ccc(N)cn2)C1. The van der Waals surface area contributed by atoms with Crippen LogP contribution in [0.3, 0.4) is 0 Å². The standard InChI is InChI=1S/C12H19N3O/c1-16-9-10-4-5-15(7-10)8-12-3-2-11(13)6-14-12/h2-3,6,10H,4-5,7-9,13H2,1H3. The Morgan fingerprint density at radius 2 is 2.44 bits per heavy atom. The van der Waals surface area contributed by atoms with Crippen molar-refractivity contribution in [3.8, 4) is 0 Å². The van der Waals surface area contributed by atoms with Crippen LogP contribution in [0, 0.1) is 5.92 Å². The molecule has 2 rings (SSSR count). The van der Waals surface area contributed by atoms with Crippen molar-refractivity contribution < 1.29 is 4.74 Å². The number of hydrogen-bond donors (Lipinski definition) is 1. The molecular formula is C12H19N3O. The monoisotopic (exact) mass is 221 g/mol. The molecule has 2 N–H and O–H groups in total. The van der Waals surface area contributed by atoms with Gasteiger partial charge in [0, 0.05) is 20.2 Å². The van der Waals surface area contributed by atoms with E-state index in [0.29, 0.717) is 5.92 Å². The van der Waals surface area contributed by atoms with Gasteiger partial charge in [-0.1, -0.05) is 0 Å². The molecule has 1 aromatic rings. The third-order valence-corrected chi connectivity index (χ3v) is 3.01. The number of aromatic nitrogens is 1. The molecule has 0 amide bonds. The molecule has 0 radical (unpaired) electrons. The van der Waals surface area contributed by atoms with Crippen molar-refractivity contribution in [3.05, 3.63) is 24.0 Å². The van der Waals surface area contributed by atoms with Crippen LogP contribution in [0.1, 0.15) is 12.1 Å². The minimum Gasteiger partial charge on any atom is -0.397 e. The largest absolute Gasteiger partial charge is 0.397 e. The molecule has 2 heterocycles. The van der Waals surface area contributed by atoms with Gasteiger partial charge in [0.2, 0.25) is 0 Å². The van der Waals surface area contributed by atoms with E-state index in [-0.39, 0.29) is 0 Å². The Hall–Kier alpha value is -1.13. The molecule has 0 saturated carbocycles. The average Bonchev–Trinajstić information content (AvgIpc) is 2.70. The fraction of sp³-hybridized carbons (Fsp3) is 0.583. The second-order valence-corrected chi connectivity index (χ2v) is 4.43. The van der Waals surface area contributed by atoms with Crippen molar-refractivity contribution in [1.82, 2.24) is 9.88 Å². The van der Waals surface area contributed by atoms with E-state index in [1.54, 1.807) is 13.3 Å². The van der Waals surface area contributed by atoms with Gasteiger partial charge < -0.3 is 10.5 Å². The third kappa shape index (κ3) is 2.93. The number of nitrogen functional groups attached to an aromatic ring is 1. The summed E-state index contributed by atoms with van der Waals surface area (Å²) in [6.07, 6.45) is 2.95. The van der Waals surface area contributed by atoms with E-state index >= 15 is 0 Å². The van der Waals surface area contributed by atoms with Crippen molar-refractivity contribution >= 4 is 5.69 Å². The van der Waals surface area contributed by atoms with Crippen LogP contribution in [0.5, 0.6) is 0 Å². The van der Waals surface area contributed by atoms with E-state index in [1.165, 1.54) is 6.42 Å². The number of anilines is 1. The Morgan fingerprint density at radius 1 is 1.56 bits per heavy atom. The minimum absolute atomic E-state index is 0.679. The van der Waals surface area contributed by atoms with Crippen molar-refractivity contribution in [2.75, 3.05) is 32.5 Å². The normalized spacial score (nSPS) is 21.4. The highest BCUT2D eigenvalue weighted by Gasteiger charge is 2.22. The van der Waals surface area contributed by atoms with Crippen molar-refractivity contribution in [3.63, 3.8) is 0 Å². The zero-order valence-corrected chi connectivity index (χ0v) is 9.72. The highest BCUT2D eigenvalue weighted by atomic mass is 16.5. The minimum atomic E-state index is 0.679. The highest BCUT2D eigenvalue weighted by molar-refractivity contribution is 5.34. The van der Waals surface area contributed by atoms with Gasteiger partial charge in [-0.3, -0.25) is 9.88 Å². The molecule has 4 nitrogen and oxygen atoms in total. The Kier molecular flexibility index (Phi) is 3.74. The Labute approximate surface area is 96.4 Å². The molecule has 1 aromatic heterocycles. The number of ether oxygens (including phenoxy) is 1. The first-order valence-electron chi connectivity index (χ1n) is 5.69. The van der Waals surface area contributed by atoms with E-state index in [1.807, 2.05) is 12.1 Å². The molecule has 0 spiro atoms. The lowest BCUT2D eigenvalue weighted by atomic mass is 10.1. The van der Waals surface area contributed by atoms with Crippen LogP contribution in [0.15, 0.2) is 18.3 Å². The van der Waals surface area contributed by atoms with Crippen LogP contribution in [-0.4, -0.2) is 36.7 Å². The van der Waals surface area contributed by atoms with Crippen LogP contribution < -0.4 is 5.73 Å². The summed E-state index contributed by atoms with van der Waals surface area (Å²) < 4.78 is 5.18. The van der Waals surface area contributed by atoms with E-state index in [4.69, 9.17) is 10.5 Å². The topological polar surface area (TPSA) is 51.4 Å². The summed E-state index contributed by atoms with van der Waals surface area (Å²) in [6, 6.07) is 3.91. The lowest BCUT2D eigenvalue weighted by Crippen LogP contribution is -2.21. The molecule has 0 bridgehead atoms. The summed E-state index contributed by atoms with van der Waals surface area (Å²) in [5, 5.41) is 0. The molecule has 88 valence electrons. The highest BCUT2D eigenvalue weighted by Crippen LogP contribution is 2.18. The van der Waals surface area contributed by atoms with E-state index in [0.717, 1.165) is 37.6 Å². The number of methoxy groups -OCH3 is 1. The zero-order valence-electron chi connectivity index (χ0n) is 9.72. The second kappa shape index (κ2) is 5.27. The third-order valence-electron chi connectivity index (χ3n) is 3.01. The molecular weight excluding hydrogens is 202 g/mol. The number of nitrogens with zero attached hydrogens (tertiary/aromatic N) is 2. The molecule has 16 heavy (non-hydrogen) atoms. The second-order valence-electron chi connectivity index (χ2n) is 4.43. The Bertz CT molecular complexity index is 326. The predicted molar refractivity (Wildman–Crippen MR) is 63.9 cm³/mol. The van der Waals surface area contributed by atoms with Gasteiger partial charge >= 0.3 is 0 Å². The van der Waals surface area contributed by atoms with Crippen LogP contribution in [-0.2, 0) is 11.3 Å². The van der Waals surface area contributed by atoms with Crippen LogP contribution >= 0.6 is 0 Å². The van der Waals surface area contributed by atoms with Gasteiger partial charge in [-0.05, 0) is 31.0 Å². The summed E-state index contributed by atoms with van der Waals surface area (Å²) in [5.74, 6) is 0.679. The number of likely N-dealkylation sites (tertiary alicyclic amines) is 1. The maximum atomic E-state index is 5.60. The molecule has 0 aromatic carbocycles. The maximum absolute atomic E-state index is 5.60. The molecule has 4 heteroatoms. The van der Waals surface area contributed by atoms with E-state index < -0.39 is 0 Å². The predicted octanol–water partition coefficient (Wildman–Crippen LogP) is 1.13. The fourth-order valence-corrected chi connectivity index (χ4v) is 2.19. The van der Waals surface area contributed by atoms with Gasteiger partial charge in [0.1, 0.15) is 0 Å². The molecule has 1 atom stereocenters. The summed E-state index contributed by atoms with van der Waals surface area (Å²) in [4.78, 5) is 6.73. The molecule has 0 aliphatic carbocycles. The lowest BCUT2D eigenvalue weighted by Gasteiger charge is -2.15. The van der Waals surface area contributed by atoms with E-state index in [9.17, 15) is 0 Å². The Morgan fingerprint density at radius 3 is 3.12 bits per heavy atom. The van der Waals surface area contributed by atoms with Crippen LogP contribution in [0.25, 0.3) is 0 Å². The summed E-state index contributed by atoms with van der Waals surface area (Å²) in [5.41, 5.74) is 7.42. The van der Waals surface area contributed by atoms with Crippen molar-refractivity contribution in [2.45, 2.75) is 13.0 Å². The number of nitrogens with two attached hydrogens (primary N) is 1. The van der Waals surface area contributed by atoms with Gasteiger partial charge in [-0.25, -0.2) is 0 Å². The van der Waals surface area contributed by atoms with Gasteiger partial charge in [-0.15, -0.1) is 0 Å². The van der Waals surface area contributed by atoms with Gasteiger partial charge in [0.05, 0.1) is 24.2 Å². The first-order valence-corrected chi connectivity index (χ1v) is 5.69. The number of rotatable bonds is 4. The maximum Gasteiger partial charge on any atom is 0.0545 e. The first-order chi connectivity index (χ1) is 7.78. The van der Waals surface area contributed by atoms with Gasteiger partial charge in [0.25, 0.3) is 0 Å². The number of hydrogen-bond acceptors (Lipinski definition) is 4. The first kappa shape index (κ1) is 11.4. The Balaban J connectivity index is 1.84. The summed E-state index contributed by atoms with van der Waals surface area (Å²) in [6.45, 7) is 4.03. The van der Waals surface area contributed by atoms with Crippen LogP contribution in [0.2, 0.25) is 0 Å². The smallest absolute Gasteiger partial charge is 0.0545 e. The van der Waals surface area contributed by atoms with E-state index in [2.05, 4.69) is 9.88 Å². The molecule has 1 aliphatic rings. The van der Waals surface area contributed by atoms with Crippen LogP contribution in [0.4, 0.5) is 5.69 Å². The molecule has 1 aliphatic heterocycles. The van der Waals surface area contributed by atoms with Gasteiger partial charge in [0.15, 0.2) is 0 Å².